The van der Waals surface area contributed by atoms with Gasteiger partial charge in [0.25, 0.3) is 12.3 Å². The van der Waals surface area contributed by atoms with Gasteiger partial charge in [0.2, 0.25) is 0 Å². The van der Waals surface area contributed by atoms with Crippen molar-refractivity contribution < 1.29 is 22.3 Å². The van der Waals surface area contributed by atoms with E-state index in [1.165, 1.54) is 25.3 Å². The minimum Gasteiger partial charge on any atom is -0.492 e. The first kappa shape index (κ1) is 20.0. The number of nitrogen functional groups attached to an aromatic ring is 1. The molecule has 28 heavy (non-hydrogen) atoms. The maximum absolute atomic E-state index is 14.7. The lowest BCUT2D eigenvalue weighted by molar-refractivity contribution is 0.119. The Hall–Kier alpha value is -2.72. The maximum Gasteiger partial charge on any atom is 0.437 e. The minimum absolute atomic E-state index is 0.00965. The molecular formula is C16H11Cl2F3N4O3. The maximum atomic E-state index is 14.7. The normalized spacial score (nSPS) is 11.2. The highest BCUT2D eigenvalue weighted by Crippen LogP contribution is 2.38. The fourth-order valence-electron chi connectivity index (χ4n) is 2.39. The standard InChI is InChI=1S/C16H11Cl2F3N4O3/c1-27-14-7(17)3-2-6(12(14)21)9-4-8(22)11(18)13(23-9)15-24-25(5-10(19)20)16(26)28-15/h2-4,10H,5H2,1H3,(H2,22,23). The Labute approximate surface area is 165 Å². The van der Waals surface area contributed by atoms with Crippen LogP contribution in [0, 0.1) is 5.82 Å². The van der Waals surface area contributed by atoms with Crippen LogP contribution in [0.2, 0.25) is 10.0 Å². The molecule has 0 aliphatic carbocycles. The number of benzene rings is 1. The first-order valence-corrected chi connectivity index (χ1v) is 8.33. The van der Waals surface area contributed by atoms with Crippen LogP contribution in [0.15, 0.2) is 27.4 Å². The number of alkyl halides is 2. The Morgan fingerprint density at radius 3 is 2.71 bits per heavy atom. The molecule has 2 aromatic heterocycles. The van der Waals surface area contributed by atoms with Crippen LogP contribution in [0.3, 0.4) is 0 Å². The summed E-state index contributed by atoms with van der Waals surface area (Å²) in [6.45, 7) is -0.974. The third kappa shape index (κ3) is 3.65. The van der Waals surface area contributed by atoms with Gasteiger partial charge >= 0.3 is 5.76 Å². The Kier molecular flexibility index (Phi) is 5.52. The summed E-state index contributed by atoms with van der Waals surface area (Å²) in [6.07, 6.45) is -2.83. The molecule has 0 saturated carbocycles. The van der Waals surface area contributed by atoms with Crippen LogP contribution in [0.1, 0.15) is 0 Å². The highest BCUT2D eigenvalue weighted by Gasteiger charge is 2.22. The molecule has 0 saturated heterocycles. The molecule has 0 spiro atoms. The van der Waals surface area contributed by atoms with E-state index in [0.29, 0.717) is 4.68 Å². The van der Waals surface area contributed by atoms with Crippen LogP contribution in [0.5, 0.6) is 5.75 Å². The molecule has 0 unspecified atom stereocenters. The second kappa shape index (κ2) is 7.72. The number of aromatic nitrogens is 3. The molecule has 3 aromatic rings. The zero-order chi connectivity index (χ0) is 20.6. The summed E-state index contributed by atoms with van der Waals surface area (Å²) < 4.78 is 49.9. The summed E-state index contributed by atoms with van der Waals surface area (Å²) in [7, 11) is 1.24. The Morgan fingerprint density at radius 1 is 1.36 bits per heavy atom. The van der Waals surface area contributed by atoms with Gasteiger partial charge in [0.15, 0.2) is 11.6 Å². The number of hydrogen-bond acceptors (Lipinski definition) is 6. The van der Waals surface area contributed by atoms with Crippen LogP contribution in [-0.4, -0.2) is 28.3 Å². The number of nitrogens with two attached hydrogens (primary N) is 1. The van der Waals surface area contributed by atoms with Crippen LogP contribution < -0.4 is 16.2 Å². The smallest absolute Gasteiger partial charge is 0.437 e. The van der Waals surface area contributed by atoms with Gasteiger partial charge in [0.1, 0.15) is 12.2 Å². The minimum atomic E-state index is -2.83. The zero-order valence-corrected chi connectivity index (χ0v) is 15.6. The van der Waals surface area contributed by atoms with Gasteiger partial charge in [-0.05, 0) is 18.2 Å². The highest BCUT2D eigenvalue weighted by molar-refractivity contribution is 6.35. The quantitative estimate of drug-likeness (QED) is 0.654. The van der Waals surface area contributed by atoms with Gasteiger partial charge < -0.3 is 14.9 Å². The lowest BCUT2D eigenvalue weighted by Gasteiger charge is -2.11. The molecule has 0 aliphatic heterocycles. The van der Waals surface area contributed by atoms with Crippen LogP contribution in [0.4, 0.5) is 18.9 Å². The van der Waals surface area contributed by atoms with Crippen LogP contribution >= 0.6 is 23.2 Å². The zero-order valence-electron chi connectivity index (χ0n) is 14.1. The van der Waals surface area contributed by atoms with Gasteiger partial charge in [-0.2, -0.15) is 4.68 Å². The van der Waals surface area contributed by atoms with Gasteiger partial charge in [-0.25, -0.2) is 22.9 Å². The van der Waals surface area contributed by atoms with Gasteiger partial charge in [-0.3, -0.25) is 0 Å². The largest absolute Gasteiger partial charge is 0.492 e. The van der Waals surface area contributed by atoms with E-state index in [2.05, 4.69) is 10.1 Å². The molecule has 0 amide bonds. The molecule has 2 heterocycles. The van der Waals surface area contributed by atoms with E-state index >= 15 is 0 Å². The van der Waals surface area contributed by atoms with E-state index in [1.54, 1.807) is 0 Å². The Morgan fingerprint density at radius 2 is 2.07 bits per heavy atom. The first-order chi connectivity index (χ1) is 13.2. The van der Waals surface area contributed by atoms with Crippen molar-refractivity contribution in [2.45, 2.75) is 13.0 Å². The molecule has 0 aliphatic rings. The van der Waals surface area contributed by atoms with Crippen molar-refractivity contribution in [3.05, 3.63) is 44.6 Å². The third-order valence-electron chi connectivity index (χ3n) is 3.63. The average Bonchev–Trinajstić information content (AvgIpc) is 2.97. The highest BCUT2D eigenvalue weighted by atomic mass is 35.5. The van der Waals surface area contributed by atoms with E-state index in [-0.39, 0.29) is 38.4 Å². The topological polar surface area (TPSA) is 96.2 Å². The molecule has 0 atom stereocenters. The van der Waals surface area contributed by atoms with Crippen molar-refractivity contribution in [1.29, 1.82) is 0 Å². The fraction of sp³-hybridized carbons (Fsp3) is 0.188. The third-order valence-corrected chi connectivity index (χ3v) is 4.33. The van der Waals surface area contributed by atoms with E-state index < -0.39 is 30.4 Å². The molecule has 2 N–H and O–H groups in total. The molecule has 12 heteroatoms. The van der Waals surface area contributed by atoms with Gasteiger partial charge in [0.05, 0.1) is 28.5 Å². The number of nitrogens with zero attached hydrogens (tertiary/aromatic N) is 3. The lowest BCUT2D eigenvalue weighted by atomic mass is 10.1. The number of ether oxygens (including phenoxy) is 1. The van der Waals surface area contributed by atoms with E-state index in [4.69, 9.17) is 38.1 Å². The summed E-state index contributed by atoms with van der Waals surface area (Å²) in [5, 5.41) is 3.54. The molecular weight excluding hydrogens is 424 g/mol. The second-order valence-corrected chi connectivity index (χ2v) is 6.23. The van der Waals surface area contributed by atoms with Gasteiger partial charge in [-0.15, -0.1) is 5.10 Å². The Bertz CT molecular complexity index is 1100. The number of methoxy groups -OCH3 is 1. The molecule has 1 aromatic carbocycles. The molecule has 0 fully saturated rings. The number of anilines is 1. The summed E-state index contributed by atoms with van der Waals surface area (Å²) in [4.78, 5) is 15.8. The molecule has 0 bridgehead atoms. The molecule has 7 nitrogen and oxygen atoms in total. The van der Waals surface area contributed by atoms with Crippen molar-refractivity contribution in [2.75, 3.05) is 12.8 Å². The lowest BCUT2D eigenvalue weighted by Crippen LogP contribution is -2.19. The number of hydrogen-bond donors (Lipinski definition) is 1. The number of halogens is 5. The van der Waals surface area contributed by atoms with Crippen molar-refractivity contribution in [2.24, 2.45) is 0 Å². The summed E-state index contributed by atoms with van der Waals surface area (Å²) >= 11 is 12.0. The van der Waals surface area contributed by atoms with Crippen molar-refractivity contribution in [3.8, 4) is 28.6 Å². The first-order valence-electron chi connectivity index (χ1n) is 7.57. The second-order valence-electron chi connectivity index (χ2n) is 5.45. The van der Waals surface area contributed by atoms with Crippen molar-refractivity contribution >= 4 is 28.9 Å². The van der Waals surface area contributed by atoms with Crippen LogP contribution in [-0.2, 0) is 6.54 Å². The van der Waals surface area contributed by atoms with Gasteiger partial charge in [0, 0.05) is 5.56 Å². The summed E-state index contributed by atoms with van der Waals surface area (Å²) in [5.41, 5.74) is 5.59. The SMILES string of the molecule is COc1c(Cl)ccc(-c2cc(N)c(Cl)c(-c3nn(CC(F)F)c(=O)o3)n2)c1F. The molecule has 148 valence electrons. The summed E-state index contributed by atoms with van der Waals surface area (Å²) in [5.74, 6) is -2.58. The van der Waals surface area contributed by atoms with Gasteiger partial charge in [-0.1, -0.05) is 23.2 Å². The van der Waals surface area contributed by atoms with E-state index in [9.17, 15) is 18.0 Å². The predicted molar refractivity (Wildman–Crippen MR) is 96.4 cm³/mol. The van der Waals surface area contributed by atoms with Crippen molar-refractivity contribution in [3.63, 3.8) is 0 Å². The van der Waals surface area contributed by atoms with E-state index in [1.807, 2.05) is 0 Å². The summed E-state index contributed by atoms with van der Waals surface area (Å²) in [6, 6.07) is 4.01. The van der Waals surface area contributed by atoms with E-state index in [0.717, 1.165) is 0 Å². The number of rotatable bonds is 5. The van der Waals surface area contributed by atoms with Crippen LogP contribution in [0.25, 0.3) is 22.8 Å². The average molecular weight is 435 g/mol. The fourth-order valence-corrected chi connectivity index (χ4v) is 2.80. The monoisotopic (exact) mass is 434 g/mol. The van der Waals surface area contributed by atoms with Crippen molar-refractivity contribution in [1.82, 2.24) is 14.8 Å². The molecule has 3 rings (SSSR count). The molecule has 0 radical (unpaired) electrons. The predicted octanol–water partition coefficient (Wildman–Crippen LogP) is 3.87. The number of pyridine rings is 1. The Balaban J connectivity index is 2.17.